The Morgan fingerprint density at radius 1 is 1.59 bits per heavy atom. The fourth-order valence-electron chi connectivity index (χ4n) is 2.42. The van der Waals surface area contributed by atoms with Gasteiger partial charge in [0.1, 0.15) is 5.01 Å². The second kappa shape index (κ2) is 5.94. The van der Waals surface area contributed by atoms with E-state index in [9.17, 15) is 0 Å². The third-order valence-corrected chi connectivity index (χ3v) is 4.59. The highest BCUT2D eigenvalue weighted by atomic mass is 32.1. The molecule has 2 rings (SSSR count). The van der Waals surface area contributed by atoms with Crippen molar-refractivity contribution >= 4 is 11.3 Å². The smallest absolute Gasteiger partial charge is 0.110 e. The topological polar surface area (TPSA) is 36.4 Å². The Kier molecular flexibility index (Phi) is 4.54. The summed E-state index contributed by atoms with van der Waals surface area (Å²) in [5.41, 5.74) is 1.05. The highest BCUT2D eigenvalue weighted by Gasteiger charge is 2.25. The number of likely N-dealkylation sites (tertiary alicyclic amines) is 1. The molecule has 2 atom stereocenters. The number of aliphatic hydroxyl groups is 1. The summed E-state index contributed by atoms with van der Waals surface area (Å²) < 4.78 is 0. The summed E-state index contributed by atoms with van der Waals surface area (Å²) >= 11 is 1.76. The van der Waals surface area contributed by atoms with Crippen molar-refractivity contribution in [2.75, 3.05) is 19.7 Å². The molecule has 2 heterocycles. The Balaban J connectivity index is 2.12. The van der Waals surface area contributed by atoms with Gasteiger partial charge in [-0.15, -0.1) is 11.3 Å². The minimum Gasteiger partial charge on any atom is -0.396 e. The second-order valence-electron chi connectivity index (χ2n) is 4.83. The molecule has 1 aliphatic heterocycles. The van der Waals surface area contributed by atoms with Gasteiger partial charge in [-0.2, -0.15) is 0 Å². The van der Waals surface area contributed by atoms with Crippen molar-refractivity contribution in [2.24, 2.45) is 0 Å². The number of thiazole rings is 1. The van der Waals surface area contributed by atoms with Crippen molar-refractivity contribution in [3.05, 3.63) is 16.1 Å². The van der Waals surface area contributed by atoms with Crippen molar-refractivity contribution in [3.63, 3.8) is 0 Å². The number of aromatic nitrogens is 1. The number of piperidine rings is 1. The number of nitrogens with zero attached hydrogens (tertiary/aromatic N) is 2. The fourth-order valence-corrected chi connectivity index (χ4v) is 3.53. The van der Waals surface area contributed by atoms with Gasteiger partial charge >= 0.3 is 0 Å². The van der Waals surface area contributed by atoms with Crippen LogP contribution < -0.4 is 0 Å². The molecule has 1 N–H and O–H groups in total. The van der Waals surface area contributed by atoms with Gasteiger partial charge in [0.25, 0.3) is 0 Å². The van der Waals surface area contributed by atoms with Crippen LogP contribution in [-0.4, -0.2) is 34.7 Å². The average molecular weight is 254 g/mol. The molecule has 1 fully saturated rings. The first kappa shape index (κ1) is 13.0. The maximum absolute atomic E-state index is 9.16. The van der Waals surface area contributed by atoms with Gasteiger partial charge in [0, 0.05) is 11.3 Å². The lowest BCUT2D eigenvalue weighted by Gasteiger charge is -2.33. The Bertz CT molecular complexity index is 353. The first-order valence-electron chi connectivity index (χ1n) is 6.56. The van der Waals surface area contributed by atoms with E-state index in [4.69, 9.17) is 10.1 Å². The minimum absolute atomic E-state index is 0.165. The number of aliphatic hydroxyl groups excluding tert-OH is 1. The fraction of sp³-hybridized carbons (Fsp3) is 0.769. The van der Waals surface area contributed by atoms with Crippen LogP contribution in [0.15, 0.2) is 5.38 Å². The van der Waals surface area contributed by atoms with Crippen molar-refractivity contribution < 1.29 is 5.11 Å². The van der Waals surface area contributed by atoms with Gasteiger partial charge in [0.2, 0.25) is 0 Å². The summed E-state index contributed by atoms with van der Waals surface area (Å²) in [6.45, 7) is 6.74. The Hall–Kier alpha value is -0.450. The lowest BCUT2D eigenvalue weighted by Crippen LogP contribution is -2.33. The van der Waals surface area contributed by atoms with Crippen LogP contribution in [0.1, 0.15) is 55.8 Å². The molecule has 1 aliphatic rings. The first-order chi connectivity index (χ1) is 8.26. The van der Waals surface area contributed by atoms with Gasteiger partial charge in [0.15, 0.2) is 0 Å². The van der Waals surface area contributed by atoms with Crippen LogP contribution in [-0.2, 0) is 0 Å². The van der Waals surface area contributed by atoms with Crippen LogP contribution in [0.25, 0.3) is 0 Å². The van der Waals surface area contributed by atoms with Crippen molar-refractivity contribution in [1.29, 1.82) is 0 Å². The molecule has 1 aromatic heterocycles. The zero-order valence-electron chi connectivity index (χ0n) is 10.7. The first-order valence-corrected chi connectivity index (χ1v) is 7.44. The monoisotopic (exact) mass is 254 g/mol. The summed E-state index contributed by atoms with van der Waals surface area (Å²) in [5, 5.41) is 12.5. The molecule has 1 saturated heterocycles. The third-order valence-electron chi connectivity index (χ3n) is 3.62. The van der Waals surface area contributed by atoms with E-state index in [1.54, 1.807) is 11.3 Å². The summed E-state index contributed by atoms with van der Waals surface area (Å²) in [6.07, 6.45) is 3.86. The van der Waals surface area contributed by atoms with Gasteiger partial charge in [0.05, 0.1) is 18.3 Å². The van der Waals surface area contributed by atoms with Gasteiger partial charge in [-0.25, -0.2) is 4.98 Å². The predicted molar refractivity (Wildman–Crippen MR) is 71.5 cm³/mol. The van der Waals surface area contributed by atoms with E-state index in [0.717, 1.165) is 12.2 Å². The van der Waals surface area contributed by atoms with Gasteiger partial charge in [-0.05, 0) is 25.9 Å². The van der Waals surface area contributed by atoms with E-state index < -0.39 is 0 Å². The van der Waals surface area contributed by atoms with E-state index in [0.29, 0.717) is 6.04 Å². The van der Waals surface area contributed by atoms with E-state index in [2.05, 4.69) is 17.2 Å². The lowest BCUT2D eigenvalue weighted by molar-refractivity contribution is 0.156. The summed E-state index contributed by atoms with van der Waals surface area (Å²) in [4.78, 5) is 7.24. The van der Waals surface area contributed by atoms with Crippen molar-refractivity contribution in [1.82, 2.24) is 9.88 Å². The van der Waals surface area contributed by atoms with Crippen LogP contribution >= 0.6 is 11.3 Å². The molecule has 0 aliphatic carbocycles. The summed E-state index contributed by atoms with van der Waals surface area (Å²) in [7, 11) is 0. The highest BCUT2D eigenvalue weighted by Crippen LogP contribution is 2.33. The molecule has 96 valence electrons. The Labute approximate surface area is 107 Å². The molecule has 0 bridgehead atoms. The number of hydrogen-bond acceptors (Lipinski definition) is 4. The molecule has 2 unspecified atom stereocenters. The molecule has 0 saturated carbocycles. The third kappa shape index (κ3) is 2.87. The van der Waals surface area contributed by atoms with Crippen LogP contribution in [0, 0.1) is 0 Å². The maximum Gasteiger partial charge on any atom is 0.110 e. The summed E-state index contributed by atoms with van der Waals surface area (Å²) in [5.74, 6) is 0.165. The number of hydrogen-bond donors (Lipinski definition) is 1. The zero-order valence-corrected chi connectivity index (χ0v) is 11.5. The second-order valence-corrected chi connectivity index (χ2v) is 5.72. The SMILES string of the molecule is CCN1CCCCC1c1nc(C(C)CO)cs1. The molecule has 0 aromatic carbocycles. The van der Waals surface area contributed by atoms with Gasteiger partial charge in [-0.1, -0.05) is 20.3 Å². The van der Waals surface area contributed by atoms with E-state index in [-0.39, 0.29) is 12.5 Å². The van der Waals surface area contributed by atoms with E-state index in [1.807, 2.05) is 6.92 Å². The molecule has 1 aromatic rings. The zero-order chi connectivity index (χ0) is 12.3. The van der Waals surface area contributed by atoms with Gasteiger partial charge < -0.3 is 5.11 Å². The van der Waals surface area contributed by atoms with E-state index >= 15 is 0 Å². The predicted octanol–water partition coefficient (Wildman–Crippen LogP) is 2.79. The minimum atomic E-state index is 0.165. The standard InChI is InChI=1S/C13H22N2OS/c1-3-15-7-5-4-6-12(15)13-14-11(9-17-13)10(2)8-16/h9-10,12,16H,3-8H2,1-2H3. The average Bonchev–Trinajstić information content (AvgIpc) is 2.87. The molecule has 0 amide bonds. The van der Waals surface area contributed by atoms with Crippen molar-refractivity contribution in [2.45, 2.75) is 45.1 Å². The Morgan fingerprint density at radius 2 is 2.41 bits per heavy atom. The highest BCUT2D eigenvalue weighted by molar-refractivity contribution is 7.09. The van der Waals surface area contributed by atoms with Crippen molar-refractivity contribution in [3.8, 4) is 0 Å². The molecular weight excluding hydrogens is 232 g/mol. The van der Waals surface area contributed by atoms with E-state index in [1.165, 1.54) is 30.8 Å². The molecule has 0 radical (unpaired) electrons. The maximum atomic E-state index is 9.16. The quantitative estimate of drug-likeness (QED) is 0.897. The normalized spacial score (nSPS) is 23.8. The molecule has 0 spiro atoms. The molecular formula is C13H22N2OS. The summed E-state index contributed by atoms with van der Waals surface area (Å²) in [6, 6.07) is 0.512. The van der Waals surface area contributed by atoms with Gasteiger partial charge in [-0.3, -0.25) is 4.90 Å². The van der Waals surface area contributed by atoms with Crippen LogP contribution in [0.2, 0.25) is 0 Å². The molecule has 17 heavy (non-hydrogen) atoms. The lowest BCUT2D eigenvalue weighted by atomic mass is 10.0. The molecule has 3 nitrogen and oxygen atoms in total. The largest absolute Gasteiger partial charge is 0.396 e. The Morgan fingerprint density at radius 3 is 3.12 bits per heavy atom. The van der Waals surface area contributed by atoms with Crippen LogP contribution in [0.5, 0.6) is 0 Å². The van der Waals surface area contributed by atoms with Crippen LogP contribution in [0.3, 0.4) is 0 Å². The number of rotatable bonds is 4. The van der Waals surface area contributed by atoms with Crippen LogP contribution in [0.4, 0.5) is 0 Å². The molecule has 4 heteroatoms.